The Bertz CT molecular complexity index is 961. The number of nitrogens with zero attached hydrogens (tertiary/aromatic N) is 3. The van der Waals surface area contributed by atoms with Crippen molar-refractivity contribution in [1.82, 2.24) is 14.9 Å². The molecule has 142 valence electrons. The molecule has 1 saturated heterocycles. The molecule has 4 nitrogen and oxygen atoms in total. The van der Waals surface area contributed by atoms with E-state index in [9.17, 15) is 9.18 Å². The summed E-state index contributed by atoms with van der Waals surface area (Å²) in [5.41, 5.74) is 2.81. The van der Waals surface area contributed by atoms with Gasteiger partial charge in [-0.05, 0) is 30.5 Å². The molecule has 1 unspecified atom stereocenters. The van der Waals surface area contributed by atoms with Crippen LogP contribution in [0.25, 0.3) is 11.3 Å². The monoisotopic (exact) mass is 375 g/mol. The Morgan fingerprint density at radius 3 is 2.61 bits per heavy atom. The number of carbonyl (C=O) groups is 1. The first-order valence-corrected chi connectivity index (χ1v) is 9.60. The highest BCUT2D eigenvalue weighted by Gasteiger charge is 2.28. The second-order valence-corrected chi connectivity index (χ2v) is 7.11. The molecule has 0 aliphatic carbocycles. The number of piperidine rings is 1. The fourth-order valence-electron chi connectivity index (χ4n) is 3.82. The van der Waals surface area contributed by atoms with E-state index in [1.807, 2.05) is 35.2 Å². The van der Waals surface area contributed by atoms with E-state index in [4.69, 9.17) is 0 Å². The molecule has 0 spiro atoms. The molecule has 5 heteroatoms. The van der Waals surface area contributed by atoms with Gasteiger partial charge in [0.15, 0.2) is 0 Å². The van der Waals surface area contributed by atoms with E-state index in [0.29, 0.717) is 24.2 Å². The van der Waals surface area contributed by atoms with Crippen LogP contribution in [-0.2, 0) is 11.2 Å². The summed E-state index contributed by atoms with van der Waals surface area (Å²) < 4.78 is 14.3. The van der Waals surface area contributed by atoms with Crippen molar-refractivity contribution >= 4 is 5.91 Å². The number of benzene rings is 2. The van der Waals surface area contributed by atoms with E-state index in [1.54, 1.807) is 30.6 Å². The minimum absolute atomic E-state index is 0.0526. The number of amides is 1. The van der Waals surface area contributed by atoms with Gasteiger partial charge in [-0.3, -0.25) is 14.8 Å². The summed E-state index contributed by atoms with van der Waals surface area (Å²) in [6.07, 6.45) is 5.44. The number of likely N-dealkylation sites (tertiary alicyclic amines) is 1. The fourth-order valence-corrected chi connectivity index (χ4v) is 3.82. The summed E-state index contributed by atoms with van der Waals surface area (Å²) in [5, 5.41) is 0. The van der Waals surface area contributed by atoms with Crippen LogP contribution in [0.1, 0.15) is 30.0 Å². The summed E-state index contributed by atoms with van der Waals surface area (Å²) in [7, 11) is 0. The molecular formula is C23H22FN3O. The van der Waals surface area contributed by atoms with E-state index in [-0.39, 0.29) is 17.6 Å². The van der Waals surface area contributed by atoms with Crippen molar-refractivity contribution in [2.75, 3.05) is 13.1 Å². The number of hydrogen-bond acceptors (Lipinski definition) is 3. The van der Waals surface area contributed by atoms with Crippen molar-refractivity contribution in [1.29, 1.82) is 0 Å². The van der Waals surface area contributed by atoms with Crippen LogP contribution >= 0.6 is 0 Å². The van der Waals surface area contributed by atoms with Crippen molar-refractivity contribution in [3.8, 4) is 11.3 Å². The van der Waals surface area contributed by atoms with Gasteiger partial charge >= 0.3 is 0 Å². The second kappa shape index (κ2) is 8.30. The summed E-state index contributed by atoms with van der Waals surface area (Å²) in [6.45, 7) is 1.34. The maximum absolute atomic E-state index is 14.3. The first kappa shape index (κ1) is 18.3. The van der Waals surface area contributed by atoms with Crippen molar-refractivity contribution in [2.24, 2.45) is 0 Å². The summed E-state index contributed by atoms with van der Waals surface area (Å²) in [6, 6.07) is 16.4. The van der Waals surface area contributed by atoms with Gasteiger partial charge in [0.1, 0.15) is 5.82 Å². The zero-order valence-corrected chi connectivity index (χ0v) is 15.6. The molecule has 2 heterocycles. The lowest BCUT2D eigenvalue weighted by molar-refractivity contribution is -0.131. The molecule has 0 radical (unpaired) electrons. The van der Waals surface area contributed by atoms with Gasteiger partial charge in [0.2, 0.25) is 5.91 Å². The third kappa shape index (κ3) is 3.93. The Balaban J connectivity index is 1.56. The van der Waals surface area contributed by atoms with E-state index < -0.39 is 0 Å². The highest BCUT2D eigenvalue weighted by atomic mass is 19.1. The molecule has 1 fully saturated rings. The zero-order valence-electron chi connectivity index (χ0n) is 15.6. The third-order valence-electron chi connectivity index (χ3n) is 5.21. The first-order valence-electron chi connectivity index (χ1n) is 9.60. The van der Waals surface area contributed by atoms with Crippen molar-refractivity contribution in [3.05, 3.63) is 84.1 Å². The van der Waals surface area contributed by atoms with E-state index >= 15 is 0 Å². The van der Waals surface area contributed by atoms with Crippen LogP contribution in [0, 0.1) is 5.82 Å². The Morgan fingerprint density at radius 2 is 1.79 bits per heavy atom. The molecule has 1 aromatic heterocycles. The van der Waals surface area contributed by atoms with Crippen molar-refractivity contribution in [3.63, 3.8) is 0 Å². The van der Waals surface area contributed by atoms with E-state index in [0.717, 1.165) is 30.6 Å². The molecule has 2 aromatic carbocycles. The Hall–Kier alpha value is -3.08. The molecule has 0 N–H and O–H groups in total. The van der Waals surface area contributed by atoms with Crippen LogP contribution in [0.3, 0.4) is 0 Å². The van der Waals surface area contributed by atoms with Gasteiger partial charge < -0.3 is 4.90 Å². The highest BCUT2D eigenvalue weighted by Crippen LogP contribution is 2.32. The smallest absolute Gasteiger partial charge is 0.227 e. The third-order valence-corrected chi connectivity index (χ3v) is 5.21. The van der Waals surface area contributed by atoms with E-state index in [1.165, 1.54) is 6.07 Å². The van der Waals surface area contributed by atoms with E-state index in [2.05, 4.69) is 9.97 Å². The van der Waals surface area contributed by atoms with Gasteiger partial charge in [0.25, 0.3) is 0 Å². The Labute approximate surface area is 164 Å². The average molecular weight is 375 g/mol. The summed E-state index contributed by atoms with van der Waals surface area (Å²) in [4.78, 5) is 23.6. The first-order chi connectivity index (χ1) is 13.7. The number of halogens is 1. The molecule has 1 aliphatic heterocycles. The van der Waals surface area contributed by atoms with Gasteiger partial charge in [0, 0.05) is 37.0 Å². The maximum atomic E-state index is 14.3. The molecule has 0 saturated carbocycles. The molecule has 28 heavy (non-hydrogen) atoms. The Kier molecular flexibility index (Phi) is 5.42. The molecule has 1 amide bonds. The van der Waals surface area contributed by atoms with Crippen LogP contribution in [0.4, 0.5) is 4.39 Å². The lowest BCUT2D eigenvalue weighted by atomic mass is 9.91. The van der Waals surface area contributed by atoms with Crippen molar-refractivity contribution < 1.29 is 9.18 Å². The van der Waals surface area contributed by atoms with Crippen LogP contribution in [-0.4, -0.2) is 33.9 Å². The largest absolute Gasteiger partial charge is 0.342 e. The molecule has 3 aromatic rings. The van der Waals surface area contributed by atoms with Crippen LogP contribution in [0.2, 0.25) is 0 Å². The number of aromatic nitrogens is 2. The van der Waals surface area contributed by atoms with Gasteiger partial charge in [-0.2, -0.15) is 0 Å². The Morgan fingerprint density at radius 1 is 1.04 bits per heavy atom. The molecular weight excluding hydrogens is 353 g/mol. The lowest BCUT2D eigenvalue weighted by Gasteiger charge is -2.33. The van der Waals surface area contributed by atoms with Crippen LogP contribution < -0.4 is 0 Å². The maximum Gasteiger partial charge on any atom is 0.227 e. The number of hydrogen-bond donors (Lipinski definition) is 0. The average Bonchev–Trinajstić information content (AvgIpc) is 2.75. The standard InChI is InChI=1S/C23H22FN3O/c24-20-11-5-4-10-19(20)23-22(25-12-13-26-23)18-9-6-14-27(16-18)21(28)15-17-7-2-1-3-8-17/h1-5,7-8,10-13,18H,6,9,14-16H2. The fraction of sp³-hybridized carbons (Fsp3) is 0.261. The molecule has 1 atom stereocenters. The normalized spacial score (nSPS) is 16.8. The van der Waals surface area contributed by atoms with Crippen molar-refractivity contribution in [2.45, 2.75) is 25.2 Å². The van der Waals surface area contributed by atoms with Crippen LogP contribution in [0.15, 0.2) is 67.0 Å². The van der Waals surface area contributed by atoms with Gasteiger partial charge in [-0.15, -0.1) is 0 Å². The quantitative estimate of drug-likeness (QED) is 0.685. The molecule has 1 aliphatic rings. The topological polar surface area (TPSA) is 46.1 Å². The SMILES string of the molecule is O=C(Cc1ccccc1)N1CCCC(c2nccnc2-c2ccccc2F)C1. The van der Waals surface area contributed by atoms with Gasteiger partial charge in [-0.25, -0.2) is 4.39 Å². The minimum Gasteiger partial charge on any atom is -0.342 e. The number of carbonyl (C=O) groups excluding carboxylic acids is 1. The highest BCUT2D eigenvalue weighted by molar-refractivity contribution is 5.79. The second-order valence-electron chi connectivity index (χ2n) is 7.11. The van der Waals surface area contributed by atoms with Gasteiger partial charge in [-0.1, -0.05) is 42.5 Å². The predicted molar refractivity (Wildman–Crippen MR) is 106 cm³/mol. The summed E-state index contributed by atoms with van der Waals surface area (Å²) >= 11 is 0. The zero-order chi connectivity index (χ0) is 19.3. The lowest BCUT2D eigenvalue weighted by Crippen LogP contribution is -2.40. The predicted octanol–water partition coefficient (Wildman–Crippen LogP) is 4.23. The van der Waals surface area contributed by atoms with Gasteiger partial charge in [0.05, 0.1) is 17.8 Å². The molecule has 4 rings (SSSR count). The molecule has 0 bridgehead atoms. The minimum atomic E-state index is -0.308. The summed E-state index contributed by atoms with van der Waals surface area (Å²) in [5.74, 6) is -0.138. The van der Waals surface area contributed by atoms with Crippen LogP contribution in [0.5, 0.6) is 0 Å². The number of rotatable bonds is 4.